The molecule has 0 heterocycles. The fraction of sp³-hybridized carbons (Fsp3) is 0.407. The third kappa shape index (κ3) is 13.4. The van der Waals surface area contributed by atoms with Crippen molar-refractivity contribution in [2.75, 3.05) is 0 Å². The van der Waals surface area contributed by atoms with Gasteiger partial charge in [-0.25, -0.2) is 0 Å². The summed E-state index contributed by atoms with van der Waals surface area (Å²) in [6.45, 7) is 8.56. The zero-order valence-corrected chi connectivity index (χ0v) is 43.7. The Labute approximate surface area is 431 Å². The van der Waals surface area contributed by atoms with Gasteiger partial charge < -0.3 is 14.4 Å². The normalized spacial score (nSPS) is 21.3. The van der Waals surface area contributed by atoms with Crippen LogP contribution in [0, 0.1) is 37.0 Å². The van der Waals surface area contributed by atoms with Crippen molar-refractivity contribution in [1.29, 1.82) is 0 Å². The number of hydrogen-bond donors (Lipinski definition) is 0. The molecule has 2 radical (unpaired) electrons. The van der Waals surface area contributed by atoms with Crippen molar-refractivity contribution >= 4 is 53.2 Å². The van der Waals surface area contributed by atoms with E-state index in [1.165, 1.54) is 87.5 Å². The molecule has 10 rings (SSSR count). The molecule has 4 aliphatic carbocycles. The molecule has 380 valence electrons. The molecule has 4 fully saturated rings. The van der Waals surface area contributed by atoms with Crippen molar-refractivity contribution in [2.45, 2.75) is 115 Å². The van der Waals surface area contributed by atoms with E-state index >= 15 is 0 Å². The maximum atomic E-state index is 13.3. The van der Waals surface area contributed by atoms with Crippen LogP contribution in [0.25, 0.3) is 43.8 Å². The molecule has 0 saturated heterocycles. The molecule has 4 bridgehead atoms. The topological polar surface area (TPSA) is 0 Å². The van der Waals surface area contributed by atoms with Crippen LogP contribution in [0.3, 0.4) is 0 Å². The van der Waals surface area contributed by atoms with E-state index in [9.17, 15) is 52.7 Å². The van der Waals surface area contributed by atoms with Gasteiger partial charge in [0.15, 0.2) is 0 Å². The molecule has 0 nitrogen and oxygen atoms in total. The second-order valence-corrected chi connectivity index (χ2v) is 19.1. The summed E-state index contributed by atoms with van der Waals surface area (Å²) in [7, 11) is 0. The molecule has 0 aromatic heterocycles. The van der Waals surface area contributed by atoms with Crippen LogP contribution >= 0.6 is 24.8 Å². The van der Waals surface area contributed by atoms with E-state index in [4.69, 9.17) is 0 Å². The van der Waals surface area contributed by atoms with Gasteiger partial charge in [-0.15, -0.1) is 93.9 Å². The van der Waals surface area contributed by atoms with Crippen LogP contribution in [0.15, 0.2) is 97.1 Å². The van der Waals surface area contributed by atoms with Gasteiger partial charge in [-0.2, -0.15) is 71.2 Å². The number of alkyl halides is 12. The molecule has 0 aliphatic heterocycles. The van der Waals surface area contributed by atoms with Gasteiger partial charge in [0.05, 0.1) is 22.3 Å². The van der Waals surface area contributed by atoms with Crippen LogP contribution in [0.5, 0.6) is 0 Å². The molecule has 70 heavy (non-hydrogen) atoms. The van der Waals surface area contributed by atoms with E-state index in [0.29, 0.717) is 32.7 Å². The molecule has 6 aromatic carbocycles. The van der Waals surface area contributed by atoms with E-state index in [1.54, 1.807) is 24.3 Å². The van der Waals surface area contributed by atoms with Crippen LogP contribution in [0.4, 0.5) is 52.7 Å². The summed E-state index contributed by atoms with van der Waals surface area (Å²) in [6.07, 6.45) is -4.28. The molecule has 0 amide bonds. The minimum absolute atomic E-state index is 0. The summed E-state index contributed by atoms with van der Waals surface area (Å²) in [4.78, 5) is 0. The second-order valence-electron chi connectivity index (χ2n) is 19.1. The van der Waals surface area contributed by atoms with Crippen molar-refractivity contribution < 1.29 is 76.0 Å². The molecule has 16 heteroatoms. The van der Waals surface area contributed by atoms with Crippen molar-refractivity contribution in [3.05, 3.63) is 145 Å². The Balaban J connectivity index is 0.000000269. The van der Waals surface area contributed by atoms with Crippen LogP contribution in [0.1, 0.15) is 111 Å². The van der Waals surface area contributed by atoms with Gasteiger partial charge >= 0.3 is 54.9 Å². The van der Waals surface area contributed by atoms with Crippen LogP contribution < -0.4 is 0 Å². The molecule has 0 spiro atoms. The predicted octanol–water partition coefficient (Wildman–Crippen LogP) is 18.9. The molecule has 4 saturated carbocycles. The average Bonchev–Trinajstić information content (AvgIpc) is 4.14. The van der Waals surface area contributed by atoms with E-state index in [1.807, 2.05) is 43.3 Å². The Morgan fingerprint density at radius 1 is 0.529 bits per heavy atom. The van der Waals surface area contributed by atoms with Gasteiger partial charge in [-0.05, 0) is 147 Å². The summed E-state index contributed by atoms with van der Waals surface area (Å²) in [5, 5.41) is 3.10. The van der Waals surface area contributed by atoms with Crippen LogP contribution in [-0.4, -0.2) is 6.88 Å². The maximum absolute atomic E-state index is 13.3. The Kier molecular flexibility index (Phi) is 19.6. The SMILES string of the molecule is Cl.Cl.FC(F)(F)c1cc(-c2cccc3[cH-]c(CC45CCC(CC4)C5)cc23)cc(C(F)(F)F)c1.FC(F)(F)c1cc(-c2cccc3[cH-]c(CC45CCC(CC4)C5)cc23)cc(C(F)(F)F)c1.[CH2-]CC.[CH3-].[Si]=[Zr]. The Hall–Kier alpha value is -3.06. The second kappa shape index (κ2) is 23.0. The third-order valence-corrected chi connectivity index (χ3v) is 14.4. The fourth-order valence-corrected chi connectivity index (χ4v) is 11.5. The number of fused-ring (bicyclic) bond motifs is 6. The summed E-state index contributed by atoms with van der Waals surface area (Å²) >= 11 is 1.36. The van der Waals surface area contributed by atoms with E-state index in [0.717, 1.165) is 77.3 Å². The first-order valence-corrected chi connectivity index (χ1v) is 26.7. The zero-order chi connectivity index (χ0) is 48.7. The first-order valence-electron chi connectivity index (χ1n) is 22.5. The van der Waals surface area contributed by atoms with Gasteiger partial charge in [-0.1, -0.05) is 30.2 Å². The molecular formula is C54H54Cl2F12SiZr-4. The number of rotatable bonds is 6. The van der Waals surface area contributed by atoms with E-state index in [-0.39, 0.29) is 55.5 Å². The van der Waals surface area contributed by atoms with Crippen LogP contribution in [-0.2, 0) is 60.9 Å². The minimum atomic E-state index is -4.86. The van der Waals surface area contributed by atoms with Crippen molar-refractivity contribution in [3.63, 3.8) is 0 Å². The number of halogens is 14. The first-order chi connectivity index (χ1) is 31.5. The van der Waals surface area contributed by atoms with Crippen molar-refractivity contribution in [3.8, 4) is 22.3 Å². The van der Waals surface area contributed by atoms with Crippen molar-refractivity contribution in [1.82, 2.24) is 0 Å². The molecule has 4 aliphatic rings. The quantitative estimate of drug-likeness (QED) is 0.0886. The Bertz CT molecular complexity index is 2430. The molecule has 0 atom stereocenters. The first kappa shape index (κ1) is 59.5. The Morgan fingerprint density at radius 3 is 1.06 bits per heavy atom. The monoisotopic (exact) mass is 1120 g/mol. The number of benzene rings is 4. The third-order valence-electron chi connectivity index (χ3n) is 14.4. The summed E-state index contributed by atoms with van der Waals surface area (Å²) in [5.74, 6) is 1.62. The molecule has 6 aromatic rings. The van der Waals surface area contributed by atoms with Gasteiger partial charge in [0.25, 0.3) is 0 Å². The summed E-state index contributed by atoms with van der Waals surface area (Å²) < 4.78 is 160. The average molecular weight is 1120 g/mol. The summed E-state index contributed by atoms with van der Waals surface area (Å²) in [5.41, 5.74) is -1.63. The van der Waals surface area contributed by atoms with Gasteiger partial charge in [0, 0.05) is 0 Å². The van der Waals surface area contributed by atoms with E-state index in [2.05, 4.69) is 13.8 Å². The van der Waals surface area contributed by atoms with Crippen LogP contribution in [0.2, 0.25) is 0 Å². The van der Waals surface area contributed by atoms with Gasteiger partial charge in [-0.3, -0.25) is 0 Å². The Morgan fingerprint density at radius 2 is 0.814 bits per heavy atom. The molecule has 0 unspecified atom stereocenters. The van der Waals surface area contributed by atoms with Gasteiger partial charge in [0.2, 0.25) is 0 Å². The molecule has 0 N–H and O–H groups in total. The van der Waals surface area contributed by atoms with E-state index < -0.39 is 47.0 Å². The summed E-state index contributed by atoms with van der Waals surface area (Å²) in [6, 6.07) is 21.9. The standard InChI is InChI=1S/2C25H21F6.C3H7.CH3.2ClH.Si.Zr/c2*26-24(27,28)19-10-18(11-20(12-19)25(29,30)31)21-3-1-2-17-8-16(9-22(17)21)14-23-6-4-15(13-23)5-7-23;1-3-2;;;;;/h2*1-3,8-12,15H,4-7,13-14H2;1,3H2,2H3;1H3;2*1H;;/q4*-1;;;;. The predicted molar refractivity (Wildman–Crippen MR) is 258 cm³/mol. The molecular weight excluding hydrogens is 1070 g/mol. The zero-order valence-electron chi connectivity index (χ0n) is 38.6. The van der Waals surface area contributed by atoms with Gasteiger partial charge in [0.1, 0.15) is 0 Å². The number of hydrogen-bond acceptors (Lipinski definition) is 0. The van der Waals surface area contributed by atoms with Crippen molar-refractivity contribution in [2.24, 2.45) is 22.7 Å². The fourth-order valence-electron chi connectivity index (χ4n) is 11.5.